The third-order valence-corrected chi connectivity index (χ3v) is 9.29. The van der Waals surface area contributed by atoms with Crippen LogP contribution in [0.2, 0.25) is 0 Å². The fourth-order valence-electron chi connectivity index (χ4n) is 5.52. The molecule has 0 N–H and O–H groups in total. The summed E-state index contributed by atoms with van der Waals surface area (Å²) in [5, 5.41) is 0. The summed E-state index contributed by atoms with van der Waals surface area (Å²) in [6.07, 6.45) is 36.6. The second kappa shape index (κ2) is 32.1. The number of hydrogen-bond acceptors (Lipinski definition) is 3. The van der Waals surface area contributed by atoms with Crippen LogP contribution in [0.5, 0.6) is 0 Å². The van der Waals surface area contributed by atoms with Gasteiger partial charge in [0.1, 0.15) is 18.9 Å². The van der Waals surface area contributed by atoms with Crippen molar-refractivity contribution in [3.63, 3.8) is 0 Å². The molecule has 4 nitrogen and oxygen atoms in total. The first-order valence-corrected chi connectivity index (χ1v) is 19.5. The molecule has 0 fully saturated rings. The lowest BCUT2D eigenvalue weighted by molar-refractivity contribution is -0.870. The Morgan fingerprint density at radius 1 is 0.476 bits per heavy atom. The van der Waals surface area contributed by atoms with Crippen LogP contribution >= 0.6 is 8.81 Å². The van der Waals surface area contributed by atoms with Gasteiger partial charge in [-0.05, 0) is 19.3 Å². The number of nitrogens with zero attached hydrogens (tertiary/aromatic N) is 1. The van der Waals surface area contributed by atoms with Crippen LogP contribution in [0.25, 0.3) is 0 Å². The highest BCUT2D eigenvalue weighted by Gasteiger charge is 2.08. The Labute approximate surface area is 265 Å². The molecule has 0 aliphatic rings. The van der Waals surface area contributed by atoms with E-state index in [9.17, 15) is 9.59 Å². The monoisotopic (exact) mass is 613 g/mol. The molecule has 0 aliphatic heterocycles. The maximum atomic E-state index is 12.2. The second-order valence-corrected chi connectivity index (χ2v) is 15.1. The molecule has 0 rings (SSSR count). The van der Waals surface area contributed by atoms with Crippen LogP contribution in [-0.4, -0.2) is 50.1 Å². The van der Waals surface area contributed by atoms with Gasteiger partial charge in [-0.3, -0.25) is 9.59 Å². The zero-order valence-electron chi connectivity index (χ0n) is 29.1. The standard InChI is InChI=1S/C37H75NO3P/c1-5-6-7-8-9-10-11-12-13-14-16-19-22-25-28-31-36(39)32-29-26-23-20-17-15-18-21-24-27-30-33-37(40)42-41-35-34-38(2,3)4/h42H,5-35H2,1-4H3/q+1. The molecule has 0 aromatic heterocycles. The van der Waals surface area contributed by atoms with Gasteiger partial charge in [0.15, 0.2) is 5.52 Å². The first-order valence-electron chi connectivity index (χ1n) is 18.6. The normalized spacial score (nSPS) is 12.1. The predicted molar refractivity (Wildman–Crippen MR) is 187 cm³/mol. The highest BCUT2D eigenvalue weighted by molar-refractivity contribution is 7.53. The fourth-order valence-corrected chi connectivity index (χ4v) is 6.15. The first kappa shape index (κ1) is 41.7. The molecule has 5 heteroatoms. The number of ketones is 1. The molecule has 0 aromatic rings. The summed E-state index contributed by atoms with van der Waals surface area (Å²) in [6.45, 7) is 3.90. The van der Waals surface area contributed by atoms with Gasteiger partial charge in [-0.15, -0.1) is 0 Å². The molecule has 1 unspecified atom stereocenters. The van der Waals surface area contributed by atoms with E-state index >= 15 is 0 Å². The van der Waals surface area contributed by atoms with Crippen molar-refractivity contribution in [3.05, 3.63) is 0 Å². The summed E-state index contributed by atoms with van der Waals surface area (Å²) < 4.78 is 6.41. The van der Waals surface area contributed by atoms with Crippen LogP contribution in [0.15, 0.2) is 0 Å². The van der Waals surface area contributed by atoms with Gasteiger partial charge in [-0.2, -0.15) is 0 Å². The molecule has 0 bridgehead atoms. The minimum Gasteiger partial charge on any atom is -0.349 e. The first-order chi connectivity index (χ1) is 20.3. The number of Topliss-reactive ketones (excluding diaryl/α,β-unsaturated/α-hetero) is 1. The number of likely N-dealkylation sites (N-methyl/N-ethyl adjacent to an activating group) is 1. The Morgan fingerprint density at radius 2 is 0.786 bits per heavy atom. The van der Waals surface area contributed by atoms with Crippen LogP contribution in [-0.2, 0) is 14.1 Å². The van der Waals surface area contributed by atoms with E-state index in [4.69, 9.17) is 4.52 Å². The van der Waals surface area contributed by atoms with Crippen molar-refractivity contribution in [2.75, 3.05) is 34.3 Å². The van der Waals surface area contributed by atoms with E-state index in [-0.39, 0.29) is 14.3 Å². The van der Waals surface area contributed by atoms with E-state index in [0.717, 1.165) is 43.1 Å². The van der Waals surface area contributed by atoms with Crippen molar-refractivity contribution in [1.29, 1.82) is 0 Å². The largest absolute Gasteiger partial charge is 0.349 e. The molecule has 1 atom stereocenters. The molecule has 0 radical (unpaired) electrons. The summed E-state index contributed by atoms with van der Waals surface area (Å²) in [7, 11) is 6.45. The van der Waals surface area contributed by atoms with E-state index in [1.54, 1.807) is 0 Å². The van der Waals surface area contributed by atoms with Gasteiger partial charge < -0.3 is 9.01 Å². The van der Waals surface area contributed by atoms with Crippen LogP contribution in [0.4, 0.5) is 0 Å². The molecule has 42 heavy (non-hydrogen) atoms. The molecule has 250 valence electrons. The molecule has 0 spiro atoms. The van der Waals surface area contributed by atoms with E-state index in [2.05, 4.69) is 28.1 Å². The SMILES string of the molecule is CCCCCCCCCCCCCCCCCC(=O)CCCCCCCCCCCCCC(=O)POCC[N+](C)(C)C. The van der Waals surface area contributed by atoms with Crippen LogP contribution in [0.1, 0.15) is 193 Å². The topological polar surface area (TPSA) is 43.4 Å². The Kier molecular flexibility index (Phi) is 31.9. The highest BCUT2D eigenvalue weighted by atomic mass is 31.1. The average molecular weight is 613 g/mol. The Morgan fingerprint density at radius 3 is 1.12 bits per heavy atom. The molecule has 0 aromatic carbocycles. The number of carbonyl (C=O) groups excluding carboxylic acids is 2. The van der Waals surface area contributed by atoms with Crippen molar-refractivity contribution >= 4 is 20.1 Å². The van der Waals surface area contributed by atoms with Gasteiger partial charge in [-0.25, -0.2) is 0 Å². The number of rotatable bonds is 35. The van der Waals surface area contributed by atoms with Gasteiger partial charge in [0, 0.05) is 19.3 Å². The van der Waals surface area contributed by atoms with Crippen LogP contribution < -0.4 is 0 Å². The lowest BCUT2D eigenvalue weighted by Gasteiger charge is -2.23. The Hall–Kier alpha value is -0.310. The summed E-state index contributed by atoms with van der Waals surface area (Å²) in [5.41, 5.74) is 0.281. The smallest absolute Gasteiger partial charge is 0.178 e. The van der Waals surface area contributed by atoms with Gasteiger partial charge in [0.05, 0.1) is 30.0 Å². The zero-order chi connectivity index (χ0) is 31.0. The number of hydrogen-bond donors (Lipinski definition) is 0. The molecule has 0 aliphatic carbocycles. The van der Waals surface area contributed by atoms with E-state index < -0.39 is 0 Å². The summed E-state index contributed by atoms with van der Waals surface area (Å²) in [5.74, 6) is 0.499. The molecule has 0 saturated heterocycles. The van der Waals surface area contributed by atoms with Crippen molar-refractivity contribution < 1.29 is 18.6 Å². The number of carbonyl (C=O) groups is 2. The second-order valence-electron chi connectivity index (χ2n) is 14.0. The minimum atomic E-state index is 0.0325. The molecule has 0 heterocycles. The highest BCUT2D eigenvalue weighted by Crippen LogP contribution is 2.19. The lowest BCUT2D eigenvalue weighted by Crippen LogP contribution is -2.37. The zero-order valence-corrected chi connectivity index (χ0v) is 30.1. The van der Waals surface area contributed by atoms with E-state index in [1.165, 1.54) is 148 Å². The Balaban J connectivity index is 3.23. The minimum absolute atomic E-state index is 0.0325. The Bertz CT molecular complexity index is 590. The summed E-state index contributed by atoms with van der Waals surface area (Å²) in [6, 6.07) is 0. The van der Waals surface area contributed by atoms with E-state index in [1.807, 2.05) is 0 Å². The van der Waals surface area contributed by atoms with Gasteiger partial charge in [0.25, 0.3) is 0 Å². The molecule has 0 amide bonds. The maximum Gasteiger partial charge on any atom is 0.178 e. The molecular weight excluding hydrogens is 537 g/mol. The molecular formula is C37H75NO3P+. The van der Waals surface area contributed by atoms with Crippen molar-refractivity contribution in [1.82, 2.24) is 0 Å². The van der Waals surface area contributed by atoms with Crippen LogP contribution in [0.3, 0.4) is 0 Å². The van der Waals surface area contributed by atoms with Crippen molar-refractivity contribution in [2.24, 2.45) is 0 Å². The third kappa shape index (κ3) is 35.9. The van der Waals surface area contributed by atoms with Crippen LogP contribution in [0, 0.1) is 0 Å². The quantitative estimate of drug-likeness (QED) is 0.0406. The van der Waals surface area contributed by atoms with Gasteiger partial charge >= 0.3 is 0 Å². The number of quaternary nitrogens is 1. The van der Waals surface area contributed by atoms with Gasteiger partial charge in [0.2, 0.25) is 0 Å². The average Bonchev–Trinajstić information content (AvgIpc) is 2.95. The maximum absolute atomic E-state index is 12.2. The summed E-state index contributed by atoms with van der Waals surface area (Å²) >= 11 is 0. The number of unbranched alkanes of at least 4 members (excludes halogenated alkanes) is 24. The van der Waals surface area contributed by atoms with Crippen molar-refractivity contribution in [3.8, 4) is 0 Å². The summed E-state index contributed by atoms with van der Waals surface area (Å²) in [4.78, 5) is 24.1. The predicted octanol–water partition coefficient (Wildman–Crippen LogP) is 11.7. The van der Waals surface area contributed by atoms with Gasteiger partial charge in [-0.1, -0.05) is 155 Å². The van der Waals surface area contributed by atoms with E-state index in [0.29, 0.717) is 18.8 Å². The molecule has 0 saturated carbocycles. The van der Waals surface area contributed by atoms with Crippen molar-refractivity contribution in [2.45, 2.75) is 193 Å². The lowest BCUT2D eigenvalue weighted by atomic mass is 10.0. The third-order valence-electron chi connectivity index (χ3n) is 8.47. The fraction of sp³-hybridized carbons (Fsp3) is 0.946.